The Morgan fingerprint density at radius 2 is 1.95 bits per heavy atom. The molecule has 0 heterocycles. The molecule has 116 valence electrons. The molecule has 0 unspecified atom stereocenters. The Bertz CT molecular complexity index is 502. The number of carbonyl (C=O) groups is 2. The van der Waals surface area contributed by atoms with E-state index in [1.54, 1.807) is 6.92 Å². The highest BCUT2D eigenvalue weighted by molar-refractivity contribution is 5.92. The van der Waals surface area contributed by atoms with Crippen molar-refractivity contribution in [2.45, 2.75) is 26.1 Å². The first-order valence-corrected chi connectivity index (χ1v) is 6.11. The summed E-state index contributed by atoms with van der Waals surface area (Å²) in [6.45, 7) is 1.86. The molecule has 0 aliphatic heterocycles. The number of amides is 1. The number of halogens is 3. The molecule has 1 N–H and O–H groups in total. The maximum Gasteiger partial charge on any atom is 0.573 e. The molecule has 1 aromatic carbocycles. The second-order valence-electron chi connectivity index (χ2n) is 3.93. The Balaban J connectivity index is 2.52. The van der Waals surface area contributed by atoms with Gasteiger partial charge in [-0.2, -0.15) is 0 Å². The second kappa shape index (κ2) is 7.51. The van der Waals surface area contributed by atoms with Crippen LogP contribution in [-0.4, -0.2) is 24.8 Å². The van der Waals surface area contributed by atoms with Gasteiger partial charge in [-0.1, -0.05) is 6.07 Å². The van der Waals surface area contributed by atoms with E-state index in [1.807, 2.05) is 0 Å². The number of hydrogen-bond donors (Lipinski definition) is 1. The van der Waals surface area contributed by atoms with Gasteiger partial charge in [-0.05, 0) is 19.1 Å². The van der Waals surface area contributed by atoms with E-state index in [1.165, 1.54) is 12.1 Å². The third-order valence-electron chi connectivity index (χ3n) is 2.21. The summed E-state index contributed by atoms with van der Waals surface area (Å²) in [5.74, 6) is -1.46. The van der Waals surface area contributed by atoms with Crippen LogP contribution in [0.15, 0.2) is 24.3 Å². The van der Waals surface area contributed by atoms with E-state index in [2.05, 4.69) is 14.8 Å². The fraction of sp³-hybridized carbons (Fsp3) is 0.385. The van der Waals surface area contributed by atoms with Gasteiger partial charge in [-0.3, -0.25) is 9.59 Å². The molecular formula is C13H14F3NO4. The highest BCUT2D eigenvalue weighted by Crippen LogP contribution is 2.25. The Hall–Kier alpha value is -2.25. The number of esters is 1. The van der Waals surface area contributed by atoms with E-state index in [0.717, 1.165) is 12.1 Å². The predicted molar refractivity (Wildman–Crippen MR) is 67.6 cm³/mol. The Labute approximate surface area is 119 Å². The minimum absolute atomic E-state index is 0.0988. The number of hydrogen-bond acceptors (Lipinski definition) is 4. The van der Waals surface area contributed by atoms with Crippen LogP contribution in [-0.2, 0) is 14.3 Å². The lowest BCUT2D eigenvalue weighted by molar-refractivity contribution is -0.274. The first-order valence-electron chi connectivity index (χ1n) is 6.11. The SMILES string of the molecule is CCOC(=O)CCC(=O)Nc1cccc(OC(F)(F)F)c1. The maximum absolute atomic E-state index is 12.1. The number of benzene rings is 1. The normalized spacial score (nSPS) is 10.9. The molecule has 21 heavy (non-hydrogen) atoms. The van der Waals surface area contributed by atoms with E-state index in [4.69, 9.17) is 0 Å². The van der Waals surface area contributed by atoms with Crippen LogP contribution >= 0.6 is 0 Å². The first kappa shape index (κ1) is 16.8. The van der Waals surface area contributed by atoms with Gasteiger partial charge < -0.3 is 14.8 Å². The molecule has 5 nitrogen and oxygen atoms in total. The van der Waals surface area contributed by atoms with Gasteiger partial charge in [0.2, 0.25) is 5.91 Å². The van der Waals surface area contributed by atoms with Crippen molar-refractivity contribution >= 4 is 17.6 Å². The first-order chi connectivity index (χ1) is 9.80. The molecule has 0 aromatic heterocycles. The summed E-state index contributed by atoms with van der Waals surface area (Å²) in [4.78, 5) is 22.6. The van der Waals surface area contributed by atoms with Crippen LogP contribution in [0.3, 0.4) is 0 Å². The van der Waals surface area contributed by atoms with Crippen molar-refractivity contribution in [3.63, 3.8) is 0 Å². The fourth-order valence-corrected chi connectivity index (χ4v) is 1.44. The van der Waals surface area contributed by atoms with Crippen molar-refractivity contribution in [2.24, 2.45) is 0 Å². The van der Waals surface area contributed by atoms with Crippen LogP contribution in [0.4, 0.5) is 18.9 Å². The zero-order valence-corrected chi connectivity index (χ0v) is 11.2. The van der Waals surface area contributed by atoms with Crippen molar-refractivity contribution < 1.29 is 32.2 Å². The van der Waals surface area contributed by atoms with Gasteiger partial charge in [0, 0.05) is 18.2 Å². The summed E-state index contributed by atoms with van der Waals surface area (Å²) in [5.41, 5.74) is 0.144. The van der Waals surface area contributed by atoms with Crippen LogP contribution in [0.25, 0.3) is 0 Å². The van der Waals surface area contributed by atoms with Gasteiger partial charge >= 0.3 is 12.3 Å². The number of anilines is 1. The van der Waals surface area contributed by atoms with Crippen LogP contribution < -0.4 is 10.1 Å². The number of ether oxygens (including phenoxy) is 2. The summed E-state index contributed by atoms with van der Waals surface area (Å²) in [6.07, 6.45) is -5.02. The summed E-state index contributed by atoms with van der Waals surface area (Å²) < 4.78 is 44.6. The second-order valence-corrected chi connectivity index (χ2v) is 3.93. The molecule has 0 atom stereocenters. The van der Waals surface area contributed by atoms with Crippen molar-refractivity contribution in [1.29, 1.82) is 0 Å². The lowest BCUT2D eigenvalue weighted by atomic mass is 10.2. The highest BCUT2D eigenvalue weighted by atomic mass is 19.4. The lowest BCUT2D eigenvalue weighted by Crippen LogP contribution is -2.17. The van der Waals surface area contributed by atoms with Gasteiger partial charge in [-0.15, -0.1) is 13.2 Å². The standard InChI is InChI=1S/C13H14F3NO4/c1-2-20-12(19)7-6-11(18)17-9-4-3-5-10(8-9)21-13(14,15)16/h3-5,8H,2,6-7H2,1H3,(H,17,18). The lowest BCUT2D eigenvalue weighted by Gasteiger charge is -2.10. The highest BCUT2D eigenvalue weighted by Gasteiger charge is 2.31. The molecule has 1 amide bonds. The number of nitrogens with one attached hydrogen (secondary N) is 1. The minimum Gasteiger partial charge on any atom is -0.466 e. The number of carbonyl (C=O) groups excluding carboxylic acids is 2. The van der Waals surface area contributed by atoms with Gasteiger partial charge in [-0.25, -0.2) is 0 Å². The van der Waals surface area contributed by atoms with E-state index in [9.17, 15) is 22.8 Å². The summed E-state index contributed by atoms with van der Waals surface area (Å²) in [6, 6.07) is 4.87. The molecule has 0 aliphatic rings. The van der Waals surface area contributed by atoms with E-state index in [0.29, 0.717) is 0 Å². The van der Waals surface area contributed by atoms with Gasteiger partial charge in [0.15, 0.2) is 0 Å². The fourth-order valence-electron chi connectivity index (χ4n) is 1.44. The van der Waals surface area contributed by atoms with Gasteiger partial charge in [0.05, 0.1) is 13.0 Å². The summed E-state index contributed by atoms with van der Waals surface area (Å²) in [7, 11) is 0. The topological polar surface area (TPSA) is 64.6 Å². The van der Waals surface area contributed by atoms with E-state index in [-0.39, 0.29) is 25.1 Å². The summed E-state index contributed by atoms with van der Waals surface area (Å²) in [5, 5.41) is 2.37. The third kappa shape index (κ3) is 7.19. The Morgan fingerprint density at radius 3 is 2.57 bits per heavy atom. The van der Waals surface area contributed by atoms with E-state index < -0.39 is 24.0 Å². The molecule has 1 aromatic rings. The van der Waals surface area contributed by atoms with Crippen molar-refractivity contribution in [1.82, 2.24) is 0 Å². The molecule has 0 aliphatic carbocycles. The number of rotatable bonds is 6. The Kier molecular flexibility index (Phi) is 6.01. The van der Waals surface area contributed by atoms with Gasteiger partial charge in [0.25, 0.3) is 0 Å². The maximum atomic E-state index is 12.1. The summed E-state index contributed by atoms with van der Waals surface area (Å²) >= 11 is 0. The molecule has 1 rings (SSSR count). The average molecular weight is 305 g/mol. The van der Waals surface area contributed by atoms with Crippen LogP contribution in [0.5, 0.6) is 5.75 Å². The zero-order chi connectivity index (χ0) is 15.9. The van der Waals surface area contributed by atoms with Gasteiger partial charge in [0.1, 0.15) is 5.75 Å². The largest absolute Gasteiger partial charge is 0.573 e. The van der Waals surface area contributed by atoms with E-state index >= 15 is 0 Å². The molecule has 0 saturated heterocycles. The predicted octanol–water partition coefficient (Wildman–Crippen LogP) is 2.87. The molecule has 0 radical (unpaired) electrons. The van der Waals surface area contributed by atoms with Crippen LogP contribution in [0.1, 0.15) is 19.8 Å². The minimum atomic E-state index is -4.80. The quantitative estimate of drug-likeness (QED) is 0.821. The Morgan fingerprint density at radius 1 is 1.24 bits per heavy atom. The third-order valence-corrected chi connectivity index (χ3v) is 2.21. The monoisotopic (exact) mass is 305 g/mol. The smallest absolute Gasteiger partial charge is 0.466 e. The number of alkyl halides is 3. The van der Waals surface area contributed by atoms with Crippen molar-refractivity contribution in [3.8, 4) is 5.75 Å². The van der Waals surface area contributed by atoms with Crippen LogP contribution in [0, 0.1) is 0 Å². The van der Waals surface area contributed by atoms with Crippen molar-refractivity contribution in [2.75, 3.05) is 11.9 Å². The molecular weight excluding hydrogens is 291 g/mol. The molecule has 0 saturated carbocycles. The molecule has 0 bridgehead atoms. The zero-order valence-electron chi connectivity index (χ0n) is 11.2. The van der Waals surface area contributed by atoms with Crippen LogP contribution in [0.2, 0.25) is 0 Å². The molecule has 0 spiro atoms. The molecule has 8 heteroatoms. The van der Waals surface area contributed by atoms with Crippen molar-refractivity contribution in [3.05, 3.63) is 24.3 Å². The average Bonchev–Trinajstić information content (AvgIpc) is 2.35. The molecule has 0 fully saturated rings.